The van der Waals surface area contributed by atoms with Crippen molar-refractivity contribution in [1.82, 2.24) is 50.3 Å². The lowest BCUT2D eigenvalue weighted by Gasteiger charge is -2.27. The zero-order valence-corrected chi connectivity index (χ0v) is 85.7. The number of rotatable bonds is 0. The molecule has 0 radical (unpaired) electrons. The minimum absolute atomic E-state index is 0.129. The maximum Gasteiger partial charge on any atom is 0.231 e. The van der Waals surface area contributed by atoms with Crippen LogP contribution in [0, 0.1) is 0 Å². The van der Waals surface area contributed by atoms with Crippen molar-refractivity contribution in [3.05, 3.63) is 347 Å². The molecule has 2 aliphatic rings. The van der Waals surface area contributed by atoms with Gasteiger partial charge in [0, 0.05) is 91.1 Å². The first-order valence-corrected chi connectivity index (χ1v) is 47.7. The van der Waals surface area contributed by atoms with E-state index >= 15 is 0 Å². The maximum absolute atomic E-state index is 5.31. The number of hydrogen-bond donors (Lipinski definition) is 6. The third-order valence-electron chi connectivity index (χ3n) is 24.5. The number of aromatic amines is 6. The number of fused-ring (bicyclic) bond motifs is 10. The van der Waals surface area contributed by atoms with Crippen molar-refractivity contribution >= 4 is 87.2 Å². The zero-order valence-electron chi connectivity index (χ0n) is 85.7. The quantitative estimate of drug-likeness (QED) is 0.0885. The molecule has 10 aromatic carbocycles. The number of pyridine rings is 2. The van der Waals surface area contributed by atoms with E-state index < -0.39 is 0 Å². The van der Waals surface area contributed by atoms with Crippen LogP contribution in [-0.4, -0.2) is 57.1 Å². The molecule has 8 aromatic heterocycles. The second kappa shape index (κ2) is 41.9. The van der Waals surface area contributed by atoms with Crippen LogP contribution in [0.15, 0.2) is 280 Å². The van der Waals surface area contributed by atoms with Crippen LogP contribution in [0.3, 0.4) is 0 Å². The summed E-state index contributed by atoms with van der Waals surface area (Å²) in [7, 11) is 0. The topological polar surface area (TPSA) is 165 Å². The fourth-order valence-electron chi connectivity index (χ4n) is 16.3. The summed E-state index contributed by atoms with van der Waals surface area (Å²) in [6.45, 7) is 67.2. The van der Waals surface area contributed by atoms with Gasteiger partial charge in [0.05, 0.1) is 34.5 Å². The van der Waals surface area contributed by atoms with E-state index in [-0.39, 0.29) is 48.7 Å². The third-order valence-corrected chi connectivity index (χ3v) is 24.5. The van der Waals surface area contributed by atoms with Crippen LogP contribution < -0.4 is 9.47 Å². The summed E-state index contributed by atoms with van der Waals surface area (Å²) in [6.07, 6.45) is 18.9. The highest BCUT2D eigenvalue weighted by molar-refractivity contribution is 5.87. The fourth-order valence-corrected chi connectivity index (χ4v) is 16.3. The lowest BCUT2D eigenvalue weighted by molar-refractivity contribution is 0.174. The average molecular weight is 1780 g/mol. The molecule has 20 rings (SSSR count). The Morgan fingerprint density at radius 1 is 0.278 bits per heavy atom. The van der Waals surface area contributed by atoms with Crippen LogP contribution in [0.1, 0.15) is 287 Å². The molecule has 0 amide bonds. The highest BCUT2D eigenvalue weighted by Crippen LogP contribution is 2.39. The molecule has 0 atom stereocenters. The van der Waals surface area contributed by atoms with E-state index in [4.69, 9.17) is 9.47 Å². The van der Waals surface area contributed by atoms with E-state index in [0.717, 1.165) is 39.3 Å². The standard InChI is InChI=1S/C14H20.2C13H15N.4C12H15N.2C11H14N2.C11H14O2/c1-14(2,3)13-10-6-8-11-7-4-5-9-12(11)13;1-13(2,3)11-8-4-6-10-7-5-9-14-12(10)11;1-13(2,3)12-9-8-10-6-4-5-7-11(10)14-12;1-12(2,3)10-4-5-11-9(8-10)6-7-13-11;1-12(2,3)10-5-4-9-6-7-13-11(9)8-10;1-12(2,3)10-5-4-6-11-9(10)7-8-13-11;1-12(2,3)10-6-4-5-9-7-8-13-11(9)10;1-11(2,3)9-4-5-10-8(6-9)7-12-13-10;1-11(2,3)9-5-4-8-7-12-13-10(8)6-9;1-11(2,3)8-4-5-9-10(6-8)13-7-12-9/h6,8,10H,4-5,7,9H2,1-3H3;2*4-9H,1-3H3;4*4-8,13H,1-3H3;2*4-7H,1-3H3,(H,12,13);4-6H,7H2,1-3H3. The largest absolute Gasteiger partial charge is 0.454 e. The van der Waals surface area contributed by atoms with Gasteiger partial charge in [-0.05, 0) is 249 Å². The van der Waals surface area contributed by atoms with Gasteiger partial charge in [-0.3, -0.25) is 20.2 Å². The van der Waals surface area contributed by atoms with Crippen molar-refractivity contribution < 1.29 is 9.47 Å². The molecule has 12 nitrogen and oxygen atoms in total. The Morgan fingerprint density at radius 3 is 1.38 bits per heavy atom. The van der Waals surface area contributed by atoms with Crippen molar-refractivity contribution in [2.75, 3.05) is 6.79 Å². The number of para-hydroxylation sites is 3. The van der Waals surface area contributed by atoms with Crippen LogP contribution in [0.25, 0.3) is 87.2 Å². The van der Waals surface area contributed by atoms with Gasteiger partial charge in [0.2, 0.25) is 6.79 Å². The van der Waals surface area contributed by atoms with Gasteiger partial charge in [-0.25, -0.2) is 0 Å². The second-order valence-electron chi connectivity index (χ2n) is 45.9. The summed E-state index contributed by atoms with van der Waals surface area (Å²) < 4.78 is 10.6. The van der Waals surface area contributed by atoms with E-state index in [0.29, 0.717) is 12.2 Å². The second-order valence-corrected chi connectivity index (χ2v) is 45.9. The predicted octanol–water partition coefficient (Wildman–Crippen LogP) is 33.2. The molecule has 1 aliphatic heterocycles. The van der Waals surface area contributed by atoms with Gasteiger partial charge < -0.3 is 29.4 Å². The first-order chi connectivity index (χ1) is 62.3. The van der Waals surface area contributed by atoms with Crippen LogP contribution in [0.2, 0.25) is 0 Å². The lowest BCUT2D eigenvalue weighted by atomic mass is 9.78. The number of nitrogens with one attached hydrogen (secondary N) is 6. The van der Waals surface area contributed by atoms with E-state index in [1.54, 1.807) is 16.7 Å². The molecule has 133 heavy (non-hydrogen) atoms. The number of aryl methyl sites for hydroxylation is 1. The lowest BCUT2D eigenvalue weighted by Crippen LogP contribution is -2.17. The number of benzene rings is 10. The Morgan fingerprint density at radius 2 is 0.737 bits per heavy atom. The molecule has 0 saturated carbocycles. The van der Waals surface area contributed by atoms with Crippen molar-refractivity contribution in [2.45, 2.75) is 288 Å². The molecule has 1 aliphatic carbocycles. The number of hydrogen-bond acceptors (Lipinski definition) is 6. The van der Waals surface area contributed by atoms with E-state index in [1.165, 1.54) is 135 Å². The first kappa shape index (κ1) is 101. The van der Waals surface area contributed by atoms with E-state index in [2.05, 4.69) is 470 Å². The summed E-state index contributed by atoms with van der Waals surface area (Å²) in [5, 5.41) is 23.9. The van der Waals surface area contributed by atoms with Crippen molar-refractivity contribution in [3.63, 3.8) is 0 Å². The Balaban J connectivity index is 0.000000142. The minimum Gasteiger partial charge on any atom is -0.454 e. The molecule has 6 N–H and O–H groups in total. The van der Waals surface area contributed by atoms with Gasteiger partial charge in [-0.1, -0.05) is 347 Å². The van der Waals surface area contributed by atoms with Crippen LogP contribution in [0.4, 0.5) is 0 Å². The summed E-state index contributed by atoms with van der Waals surface area (Å²) >= 11 is 0. The van der Waals surface area contributed by atoms with Crippen molar-refractivity contribution in [1.29, 1.82) is 0 Å². The van der Waals surface area contributed by atoms with Gasteiger partial charge in [0.15, 0.2) is 11.5 Å². The molecule has 0 fully saturated rings. The molecule has 0 unspecified atom stereocenters. The van der Waals surface area contributed by atoms with Gasteiger partial charge in [-0.15, -0.1) is 0 Å². The molecule has 0 spiro atoms. The first-order valence-electron chi connectivity index (χ1n) is 47.7. The molecule has 18 aromatic rings. The molecule has 698 valence electrons. The van der Waals surface area contributed by atoms with Gasteiger partial charge in [-0.2, -0.15) is 10.2 Å². The number of aromatic nitrogens is 10. The normalized spacial score (nSPS) is 12.9. The Hall–Kier alpha value is -12.3. The van der Waals surface area contributed by atoms with E-state index in [1.807, 2.05) is 67.6 Å². The summed E-state index contributed by atoms with van der Waals surface area (Å²) in [4.78, 5) is 22.1. The Labute approximate surface area is 794 Å². The van der Waals surface area contributed by atoms with Crippen LogP contribution in [0.5, 0.6) is 11.5 Å². The molecule has 0 bridgehead atoms. The van der Waals surface area contributed by atoms with Crippen molar-refractivity contribution in [2.24, 2.45) is 0 Å². The highest BCUT2D eigenvalue weighted by Gasteiger charge is 2.26. The molecule has 12 heteroatoms. The predicted molar refractivity (Wildman–Crippen MR) is 572 cm³/mol. The zero-order chi connectivity index (χ0) is 96.9. The molecular formula is C121H152N10O2. The SMILES string of the molecule is CC(C)(C)c1ccc2[nH]ccc2c1.CC(C)(C)c1ccc2[nH]ncc2c1.CC(C)(C)c1ccc2c(c1)OCO2.CC(C)(C)c1ccc2cc[nH]c2c1.CC(C)(C)c1ccc2ccccc2n1.CC(C)(C)c1ccc2cn[nH]c2c1.CC(C)(C)c1cccc2[nH]ccc12.CC(C)(C)c1cccc2c1CCCC2.CC(C)(C)c1cccc2cc[nH]c12.CC(C)(C)c1cccc2cccnc12. The number of H-pyrrole nitrogens is 6. The van der Waals surface area contributed by atoms with Crippen LogP contribution >= 0.6 is 0 Å². The summed E-state index contributed by atoms with van der Waals surface area (Å²) in [5.74, 6) is 1.72. The minimum atomic E-state index is 0.129. The Bertz CT molecular complexity index is 6360. The maximum atomic E-state index is 5.31. The third kappa shape index (κ3) is 27.7. The van der Waals surface area contributed by atoms with Gasteiger partial charge in [0.1, 0.15) is 0 Å². The van der Waals surface area contributed by atoms with Crippen molar-refractivity contribution in [3.8, 4) is 11.5 Å². The highest BCUT2D eigenvalue weighted by atomic mass is 16.7. The van der Waals surface area contributed by atoms with Gasteiger partial charge in [0.25, 0.3) is 0 Å². The molecule has 0 saturated heterocycles. The van der Waals surface area contributed by atoms with Gasteiger partial charge >= 0.3 is 0 Å². The summed E-state index contributed by atoms with van der Waals surface area (Å²) in [5.41, 5.74) is 28.3. The summed E-state index contributed by atoms with van der Waals surface area (Å²) in [6, 6.07) is 83.4. The Kier molecular flexibility index (Phi) is 31.9. The number of ether oxygens (including phenoxy) is 2. The molecule has 9 heterocycles. The smallest absolute Gasteiger partial charge is 0.231 e. The fraction of sp³-hybridized carbons (Fsp3) is 0.372. The average Bonchev–Trinajstić information content (AvgIpc) is 1.60. The monoisotopic (exact) mass is 1780 g/mol. The van der Waals surface area contributed by atoms with Crippen LogP contribution in [-0.2, 0) is 67.0 Å². The van der Waals surface area contributed by atoms with E-state index in [9.17, 15) is 0 Å². The molecular weight excluding hydrogens is 1630 g/mol. The number of nitrogens with zero attached hydrogens (tertiary/aromatic N) is 4.